The van der Waals surface area contributed by atoms with Gasteiger partial charge in [0, 0.05) is 32.0 Å². The Bertz CT molecular complexity index is 504. The summed E-state index contributed by atoms with van der Waals surface area (Å²) in [5.41, 5.74) is -0.143. The molecule has 0 unspecified atom stereocenters. The van der Waals surface area contributed by atoms with E-state index in [4.69, 9.17) is 5.11 Å². The lowest BCUT2D eigenvalue weighted by Crippen LogP contribution is -2.53. The topological polar surface area (TPSA) is 75.4 Å². The molecule has 6 heteroatoms. The highest BCUT2D eigenvalue weighted by molar-refractivity contribution is 5.74. The molecule has 0 amide bonds. The first-order chi connectivity index (χ1) is 8.49. The highest BCUT2D eigenvalue weighted by atomic mass is 16.4. The van der Waals surface area contributed by atoms with Crippen LogP contribution >= 0.6 is 0 Å². The van der Waals surface area contributed by atoms with Gasteiger partial charge in [0.25, 0.3) is 5.56 Å². The van der Waals surface area contributed by atoms with Crippen molar-refractivity contribution in [3.8, 4) is 0 Å². The van der Waals surface area contributed by atoms with Crippen molar-refractivity contribution in [2.75, 3.05) is 18.0 Å². The average Bonchev–Trinajstić information content (AvgIpc) is 2.20. The first-order valence-corrected chi connectivity index (χ1v) is 6.02. The predicted molar refractivity (Wildman–Crippen MR) is 66.7 cm³/mol. The Morgan fingerprint density at radius 1 is 1.56 bits per heavy atom. The summed E-state index contributed by atoms with van der Waals surface area (Å²) in [5, 5.41) is 8.81. The second kappa shape index (κ2) is 4.80. The molecule has 98 valence electrons. The number of nitrogens with zero attached hydrogens (tertiary/aromatic N) is 3. The van der Waals surface area contributed by atoms with Gasteiger partial charge in [-0.25, -0.2) is 4.98 Å². The van der Waals surface area contributed by atoms with Crippen molar-refractivity contribution in [2.45, 2.75) is 20.4 Å². The van der Waals surface area contributed by atoms with Gasteiger partial charge in [-0.1, -0.05) is 13.8 Å². The zero-order valence-corrected chi connectivity index (χ0v) is 10.5. The van der Waals surface area contributed by atoms with Gasteiger partial charge in [0.15, 0.2) is 5.82 Å². The molecule has 0 radical (unpaired) electrons. The fourth-order valence-electron chi connectivity index (χ4n) is 2.00. The van der Waals surface area contributed by atoms with Gasteiger partial charge in [0.2, 0.25) is 0 Å². The molecule has 6 nitrogen and oxygen atoms in total. The Morgan fingerprint density at radius 2 is 2.22 bits per heavy atom. The Labute approximate surface area is 105 Å². The number of aromatic nitrogens is 2. The zero-order valence-electron chi connectivity index (χ0n) is 10.5. The number of rotatable bonds is 4. The maximum atomic E-state index is 12.1. The molecule has 0 bridgehead atoms. The second-order valence-electron chi connectivity index (χ2n) is 5.04. The third-order valence-corrected chi connectivity index (χ3v) is 2.99. The molecule has 1 aromatic rings. The van der Waals surface area contributed by atoms with Crippen molar-refractivity contribution in [2.24, 2.45) is 11.8 Å². The van der Waals surface area contributed by atoms with Gasteiger partial charge in [-0.2, -0.15) is 0 Å². The van der Waals surface area contributed by atoms with E-state index in [1.54, 1.807) is 21.9 Å². The average molecular weight is 251 g/mol. The monoisotopic (exact) mass is 251 g/mol. The van der Waals surface area contributed by atoms with Crippen molar-refractivity contribution >= 4 is 11.8 Å². The van der Waals surface area contributed by atoms with E-state index in [1.807, 2.05) is 13.8 Å². The number of carbonyl (C=O) groups is 1. The molecule has 1 N–H and O–H groups in total. The van der Waals surface area contributed by atoms with Crippen molar-refractivity contribution in [1.29, 1.82) is 0 Å². The maximum Gasteiger partial charge on any atom is 0.310 e. The number of hydrogen-bond acceptors (Lipinski definition) is 4. The summed E-state index contributed by atoms with van der Waals surface area (Å²) in [6, 6.07) is 0. The van der Waals surface area contributed by atoms with Crippen LogP contribution in [0.4, 0.5) is 5.82 Å². The summed E-state index contributed by atoms with van der Waals surface area (Å²) in [6.07, 6.45) is 3.26. The van der Waals surface area contributed by atoms with Crippen LogP contribution in [0.5, 0.6) is 0 Å². The molecule has 1 aliphatic heterocycles. The number of carboxylic acids is 1. The third kappa shape index (κ3) is 2.37. The third-order valence-electron chi connectivity index (χ3n) is 2.99. The van der Waals surface area contributed by atoms with Gasteiger partial charge in [0.1, 0.15) is 0 Å². The standard InChI is InChI=1S/C12H17N3O3/c1-8(2)5-14-4-3-13-10(11(14)16)15-6-9(7-15)12(17)18/h3-4,8-9H,5-7H2,1-2H3,(H,17,18). The van der Waals surface area contributed by atoms with E-state index in [9.17, 15) is 9.59 Å². The first-order valence-electron chi connectivity index (χ1n) is 6.02. The van der Waals surface area contributed by atoms with E-state index < -0.39 is 5.97 Å². The Kier molecular flexibility index (Phi) is 3.36. The van der Waals surface area contributed by atoms with Crippen LogP contribution in [0, 0.1) is 11.8 Å². The highest BCUT2D eigenvalue weighted by Gasteiger charge is 2.34. The van der Waals surface area contributed by atoms with Crippen LogP contribution in [0.15, 0.2) is 17.2 Å². The van der Waals surface area contributed by atoms with Crippen LogP contribution in [0.3, 0.4) is 0 Å². The zero-order chi connectivity index (χ0) is 13.3. The largest absolute Gasteiger partial charge is 0.481 e. The molecule has 1 saturated heterocycles. The molecule has 0 aliphatic carbocycles. The van der Waals surface area contributed by atoms with E-state index in [0.717, 1.165) is 0 Å². The Hall–Kier alpha value is -1.85. The van der Waals surface area contributed by atoms with E-state index in [0.29, 0.717) is 31.4 Å². The van der Waals surface area contributed by atoms with Gasteiger partial charge in [0.05, 0.1) is 5.92 Å². The molecule has 2 rings (SSSR count). The van der Waals surface area contributed by atoms with Crippen LogP contribution in [0.2, 0.25) is 0 Å². The summed E-state index contributed by atoms with van der Waals surface area (Å²) >= 11 is 0. The lowest BCUT2D eigenvalue weighted by Gasteiger charge is -2.37. The van der Waals surface area contributed by atoms with E-state index >= 15 is 0 Å². The molecule has 1 aromatic heterocycles. The molecule has 2 heterocycles. The fraction of sp³-hybridized carbons (Fsp3) is 0.583. The number of aliphatic carboxylic acids is 1. The molecule has 1 fully saturated rings. The summed E-state index contributed by atoms with van der Waals surface area (Å²) < 4.78 is 1.63. The van der Waals surface area contributed by atoms with Crippen LogP contribution in [0.1, 0.15) is 13.8 Å². The molecule has 0 aromatic carbocycles. The van der Waals surface area contributed by atoms with E-state index in [-0.39, 0.29) is 11.5 Å². The minimum atomic E-state index is -0.815. The predicted octanol–water partition coefficient (Wildman–Crippen LogP) is 0.420. The van der Waals surface area contributed by atoms with Gasteiger partial charge < -0.3 is 14.6 Å². The van der Waals surface area contributed by atoms with Crippen molar-refractivity contribution in [3.05, 3.63) is 22.7 Å². The SMILES string of the molecule is CC(C)Cn1ccnc(N2CC(C(=O)O)C2)c1=O. The lowest BCUT2D eigenvalue weighted by molar-refractivity contribution is -0.142. The molecule has 0 spiro atoms. The quantitative estimate of drug-likeness (QED) is 0.839. The molecular formula is C12H17N3O3. The van der Waals surface area contributed by atoms with Gasteiger partial charge in [-0.05, 0) is 5.92 Å². The van der Waals surface area contributed by atoms with Crippen molar-refractivity contribution in [3.63, 3.8) is 0 Å². The number of hydrogen-bond donors (Lipinski definition) is 1. The molecule has 18 heavy (non-hydrogen) atoms. The summed E-state index contributed by atoms with van der Waals surface area (Å²) in [7, 11) is 0. The van der Waals surface area contributed by atoms with Gasteiger partial charge in [-0.3, -0.25) is 9.59 Å². The summed E-state index contributed by atoms with van der Waals surface area (Å²) in [5.74, 6) is -0.466. The Morgan fingerprint density at radius 3 is 2.78 bits per heavy atom. The minimum Gasteiger partial charge on any atom is -0.481 e. The lowest BCUT2D eigenvalue weighted by atomic mass is 10.0. The van der Waals surface area contributed by atoms with E-state index in [1.165, 1.54) is 0 Å². The van der Waals surface area contributed by atoms with Crippen molar-refractivity contribution in [1.82, 2.24) is 9.55 Å². The second-order valence-corrected chi connectivity index (χ2v) is 5.04. The van der Waals surface area contributed by atoms with Gasteiger partial charge in [-0.15, -0.1) is 0 Å². The summed E-state index contributed by atoms with van der Waals surface area (Å²) in [4.78, 5) is 28.6. The van der Waals surface area contributed by atoms with Crippen LogP contribution < -0.4 is 10.5 Å². The smallest absolute Gasteiger partial charge is 0.310 e. The minimum absolute atomic E-state index is 0.143. The Balaban J connectivity index is 2.16. The molecular weight excluding hydrogens is 234 g/mol. The molecule has 0 saturated carbocycles. The molecule has 0 atom stereocenters. The first kappa shape index (κ1) is 12.6. The van der Waals surface area contributed by atoms with Gasteiger partial charge >= 0.3 is 5.97 Å². The van der Waals surface area contributed by atoms with Crippen LogP contribution in [0.25, 0.3) is 0 Å². The normalized spacial score (nSPS) is 15.8. The van der Waals surface area contributed by atoms with E-state index in [2.05, 4.69) is 4.98 Å². The number of carboxylic acid groups (broad SMARTS) is 1. The fourth-order valence-corrected chi connectivity index (χ4v) is 2.00. The maximum absolute atomic E-state index is 12.1. The van der Waals surface area contributed by atoms with Crippen LogP contribution in [-0.4, -0.2) is 33.7 Å². The van der Waals surface area contributed by atoms with Crippen LogP contribution in [-0.2, 0) is 11.3 Å². The van der Waals surface area contributed by atoms with Crippen molar-refractivity contribution < 1.29 is 9.90 Å². The summed E-state index contributed by atoms with van der Waals surface area (Å²) in [6.45, 7) is 5.45. The molecule has 1 aliphatic rings. The number of anilines is 1. The highest BCUT2D eigenvalue weighted by Crippen LogP contribution is 2.19.